The molecule has 0 N–H and O–H groups in total. The van der Waals surface area contributed by atoms with Crippen LogP contribution in [0.1, 0.15) is 44.6 Å². The number of nitrogens with zero attached hydrogens (tertiary/aromatic N) is 1. The molecule has 2 fully saturated rings. The maximum absolute atomic E-state index is 11.8. The Bertz CT molecular complexity index is 671. The van der Waals surface area contributed by atoms with Gasteiger partial charge >= 0.3 is 0 Å². The minimum atomic E-state index is -3.26. The van der Waals surface area contributed by atoms with E-state index in [0.717, 1.165) is 18.0 Å². The van der Waals surface area contributed by atoms with Gasteiger partial charge in [0.1, 0.15) is 10.6 Å². The average Bonchev–Trinajstić information content (AvgIpc) is 2.82. The molecule has 3 atom stereocenters. The SMILES string of the molecule is COc1cc(CN2[C@H](C)C[C@H]3CCCC[C@H]32)ccc1S(C)(=O)=O. The lowest BCUT2D eigenvalue weighted by Gasteiger charge is -2.33. The van der Waals surface area contributed by atoms with Gasteiger partial charge < -0.3 is 4.74 Å². The van der Waals surface area contributed by atoms with Crippen molar-refractivity contribution in [2.75, 3.05) is 13.4 Å². The maximum Gasteiger partial charge on any atom is 0.179 e. The van der Waals surface area contributed by atoms with Crippen LogP contribution in [0.15, 0.2) is 23.1 Å². The Balaban J connectivity index is 1.82. The predicted molar refractivity (Wildman–Crippen MR) is 91.5 cm³/mol. The molecule has 1 aromatic carbocycles. The lowest BCUT2D eigenvalue weighted by molar-refractivity contribution is 0.149. The summed E-state index contributed by atoms with van der Waals surface area (Å²) in [5, 5.41) is 0. The normalized spacial score (nSPS) is 28.6. The van der Waals surface area contributed by atoms with E-state index >= 15 is 0 Å². The number of ether oxygens (including phenoxy) is 1. The third kappa shape index (κ3) is 3.41. The van der Waals surface area contributed by atoms with E-state index in [4.69, 9.17) is 4.74 Å². The zero-order valence-corrected chi connectivity index (χ0v) is 15.1. The van der Waals surface area contributed by atoms with E-state index < -0.39 is 9.84 Å². The molecular weight excluding hydrogens is 310 g/mol. The number of benzene rings is 1. The van der Waals surface area contributed by atoms with Crippen molar-refractivity contribution in [3.05, 3.63) is 23.8 Å². The third-order valence-electron chi connectivity index (χ3n) is 5.50. The van der Waals surface area contributed by atoms with Crippen LogP contribution in [0.2, 0.25) is 0 Å². The molecule has 1 aliphatic carbocycles. The van der Waals surface area contributed by atoms with Gasteiger partial charge in [-0.05, 0) is 49.8 Å². The minimum Gasteiger partial charge on any atom is -0.495 e. The van der Waals surface area contributed by atoms with Gasteiger partial charge in [0.05, 0.1) is 7.11 Å². The van der Waals surface area contributed by atoms with E-state index in [2.05, 4.69) is 11.8 Å². The molecule has 1 aliphatic heterocycles. The summed E-state index contributed by atoms with van der Waals surface area (Å²) < 4.78 is 28.9. The van der Waals surface area contributed by atoms with E-state index in [-0.39, 0.29) is 4.90 Å². The standard InChI is InChI=1S/C18H27NO3S/c1-13-10-15-6-4-5-7-16(15)19(13)12-14-8-9-18(23(3,20)21)17(11-14)22-2/h8-9,11,13,15-16H,4-7,10,12H2,1-3H3/t13-,15-,16-/m1/s1. The number of methoxy groups -OCH3 is 1. The smallest absolute Gasteiger partial charge is 0.179 e. The Labute approximate surface area is 139 Å². The lowest BCUT2D eigenvalue weighted by atomic mass is 9.85. The molecule has 1 heterocycles. The summed E-state index contributed by atoms with van der Waals surface area (Å²) in [6, 6.07) is 6.80. The molecule has 1 aromatic rings. The van der Waals surface area contributed by atoms with Gasteiger partial charge in [-0.3, -0.25) is 4.90 Å². The van der Waals surface area contributed by atoms with Crippen LogP contribution in [0.4, 0.5) is 0 Å². The highest BCUT2D eigenvalue weighted by Crippen LogP contribution is 2.40. The average molecular weight is 337 g/mol. The van der Waals surface area contributed by atoms with Crippen LogP contribution in [0.3, 0.4) is 0 Å². The summed E-state index contributed by atoms with van der Waals surface area (Å²) in [6.45, 7) is 3.20. The molecule has 0 bridgehead atoms. The summed E-state index contributed by atoms with van der Waals surface area (Å²) in [5.74, 6) is 1.30. The van der Waals surface area contributed by atoms with Gasteiger partial charge in [-0.1, -0.05) is 18.9 Å². The second kappa shape index (κ2) is 6.44. The van der Waals surface area contributed by atoms with Gasteiger partial charge in [-0.25, -0.2) is 8.42 Å². The van der Waals surface area contributed by atoms with Gasteiger partial charge in [0.25, 0.3) is 0 Å². The summed E-state index contributed by atoms with van der Waals surface area (Å²) in [5.41, 5.74) is 1.13. The third-order valence-corrected chi connectivity index (χ3v) is 6.63. The first-order valence-electron chi connectivity index (χ1n) is 8.53. The Kier molecular flexibility index (Phi) is 4.70. The molecule has 0 spiro atoms. The molecule has 0 aromatic heterocycles. The maximum atomic E-state index is 11.8. The van der Waals surface area contributed by atoms with Gasteiger partial charge in [0.15, 0.2) is 9.84 Å². The molecule has 0 amide bonds. The van der Waals surface area contributed by atoms with Crippen LogP contribution in [-0.2, 0) is 16.4 Å². The summed E-state index contributed by atoms with van der Waals surface area (Å²) in [4.78, 5) is 2.88. The second-order valence-corrected chi connectivity index (χ2v) is 9.11. The Morgan fingerprint density at radius 1 is 1.26 bits per heavy atom. The number of fused-ring (bicyclic) bond motifs is 1. The van der Waals surface area contributed by atoms with Gasteiger partial charge in [0, 0.05) is 24.9 Å². The molecule has 4 nitrogen and oxygen atoms in total. The van der Waals surface area contributed by atoms with Crippen LogP contribution in [0.25, 0.3) is 0 Å². The summed E-state index contributed by atoms with van der Waals surface area (Å²) in [7, 11) is -1.73. The van der Waals surface area contributed by atoms with E-state index in [1.54, 1.807) is 6.07 Å². The molecule has 128 valence electrons. The van der Waals surface area contributed by atoms with Crippen molar-refractivity contribution >= 4 is 9.84 Å². The summed E-state index contributed by atoms with van der Waals surface area (Å²) >= 11 is 0. The van der Waals surface area contributed by atoms with Gasteiger partial charge in [-0.2, -0.15) is 0 Å². The van der Waals surface area contributed by atoms with Crippen LogP contribution in [0.5, 0.6) is 5.75 Å². The fraction of sp³-hybridized carbons (Fsp3) is 0.667. The molecule has 3 rings (SSSR count). The minimum absolute atomic E-state index is 0.272. The number of sulfone groups is 1. The summed E-state index contributed by atoms with van der Waals surface area (Å²) in [6.07, 6.45) is 7.89. The molecular formula is C18H27NO3S. The highest BCUT2D eigenvalue weighted by molar-refractivity contribution is 7.90. The zero-order valence-electron chi connectivity index (χ0n) is 14.3. The number of hydrogen-bond donors (Lipinski definition) is 0. The largest absolute Gasteiger partial charge is 0.495 e. The molecule has 1 saturated carbocycles. The monoisotopic (exact) mass is 337 g/mol. The van der Waals surface area contributed by atoms with Crippen molar-refractivity contribution in [3.8, 4) is 5.75 Å². The first-order chi connectivity index (χ1) is 10.9. The van der Waals surface area contributed by atoms with Gasteiger partial charge in [-0.15, -0.1) is 0 Å². The van der Waals surface area contributed by atoms with Crippen molar-refractivity contribution in [1.29, 1.82) is 0 Å². The molecule has 1 saturated heterocycles. The molecule has 5 heteroatoms. The quantitative estimate of drug-likeness (QED) is 0.846. The van der Waals surface area contributed by atoms with Crippen molar-refractivity contribution in [2.45, 2.75) is 62.6 Å². The lowest BCUT2D eigenvalue weighted by Crippen LogP contribution is -2.37. The Morgan fingerprint density at radius 2 is 2.00 bits per heavy atom. The van der Waals surface area contributed by atoms with Crippen LogP contribution in [-0.4, -0.2) is 38.8 Å². The van der Waals surface area contributed by atoms with Crippen molar-refractivity contribution in [3.63, 3.8) is 0 Å². The van der Waals surface area contributed by atoms with E-state index in [0.29, 0.717) is 17.8 Å². The van der Waals surface area contributed by atoms with Crippen LogP contribution >= 0.6 is 0 Å². The Hall–Kier alpha value is -1.07. The fourth-order valence-corrected chi connectivity index (χ4v) is 5.22. The molecule has 0 radical (unpaired) electrons. The van der Waals surface area contributed by atoms with E-state index in [1.165, 1.54) is 45.5 Å². The van der Waals surface area contributed by atoms with E-state index in [9.17, 15) is 8.42 Å². The van der Waals surface area contributed by atoms with Crippen LogP contribution in [0, 0.1) is 5.92 Å². The fourth-order valence-electron chi connectivity index (χ4n) is 4.40. The Morgan fingerprint density at radius 3 is 2.70 bits per heavy atom. The topological polar surface area (TPSA) is 46.6 Å². The highest BCUT2D eigenvalue weighted by Gasteiger charge is 2.39. The molecule has 2 aliphatic rings. The van der Waals surface area contributed by atoms with Crippen molar-refractivity contribution in [2.24, 2.45) is 5.92 Å². The first-order valence-corrected chi connectivity index (χ1v) is 10.4. The predicted octanol–water partition coefficient (Wildman–Crippen LogP) is 3.25. The van der Waals surface area contributed by atoms with Crippen molar-refractivity contribution < 1.29 is 13.2 Å². The highest BCUT2D eigenvalue weighted by atomic mass is 32.2. The number of hydrogen-bond acceptors (Lipinski definition) is 4. The first kappa shape index (κ1) is 16.8. The van der Waals surface area contributed by atoms with Crippen molar-refractivity contribution in [1.82, 2.24) is 4.90 Å². The second-order valence-electron chi connectivity index (χ2n) is 7.13. The van der Waals surface area contributed by atoms with E-state index in [1.807, 2.05) is 12.1 Å². The number of rotatable bonds is 4. The van der Waals surface area contributed by atoms with Gasteiger partial charge in [0.2, 0.25) is 0 Å². The molecule has 23 heavy (non-hydrogen) atoms. The zero-order chi connectivity index (χ0) is 16.6. The van der Waals surface area contributed by atoms with Crippen LogP contribution < -0.4 is 4.74 Å². The molecule has 0 unspecified atom stereocenters. The number of likely N-dealkylation sites (tertiary alicyclic amines) is 1.